The average Bonchev–Trinajstić information content (AvgIpc) is 3.51. The van der Waals surface area contributed by atoms with Crippen molar-refractivity contribution in [3.05, 3.63) is 130 Å². The predicted octanol–water partition coefficient (Wildman–Crippen LogP) is 5.77. The Kier molecular flexibility index (Phi) is 11.5. The number of amides is 1. The van der Waals surface area contributed by atoms with Crippen molar-refractivity contribution in [1.82, 2.24) is 10.9 Å². The molecule has 0 radical (unpaired) electrons. The van der Waals surface area contributed by atoms with Crippen LogP contribution in [0.3, 0.4) is 0 Å². The molecule has 3 N–H and O–H groups in total. The maximum atomic E-state index is 14.5. The second kappa shape index (κ2) is 16.3. The van der Waals surface area contributed by atoms with Gasteiger partial charge in [0.1, 0.15) is 17.2 Å². The first-order chi connectivity index (χ1) is 23.5. The van der Waals surface area contributed by atoms with E-state index in [-0.39, 0.29) is 18.9 Å². The number of aliphatic hydroxyl groups excluding tert-OH is 1. The largest absolute Gasteiger partial charge is 0.497 e. The van der Waals surface area contributed by atoms with E-state index in [1.807, 2.05) is 48.5 Å². The summed E-state index contributed by atoms with van der Waals surface area (Å²) in [5.41, 5.74) is 17.1. The quantitative estimate of drug-likeness (QED) is 0.0456. The number of azide groups is 1. The van der Waals surface area contributed by atoms with Crippen molar-refractivity contribution in [3.8, 4) is 17.2 Å². The van der Waals surface area contributed by atoms with Gasteiger partial charge in [-0.2, -0.15) is 0 Å². The van der Waals surface area contributed by atoms with Gasteiger partial charge in [-0.15, -0.1) is 0 Å². The standard InChI is InChI=1S/C36H38N6O6/c1-45-29-17-18-32(46-2)27(23-29)19-20-38-41-35(44)36(24-25-9-4-3-5-10-25)33(30-11-6-7-12-31(30)40-42-37)48-34(39-36)26-13-15-28(16-14-26)47-22-8-21-43/h3-7,9-18,23,33,38,43H,8,19-22,24H2,1-2H3,(H,41,44)/t33-,36-/m0/s1. The van der Waals surface area contributed by atoms with Gasteiger partial charge in [-0.3, -0.25) is 10.2 Å². The number of carbonyl (C=O) groups is 1. The first-order valence-corrected chi connectivity index (χ1v) is 15.5. The van der Waals surface area contributed by atoms with E-state index in [1.54, 1.807) is 62.8 Å². The molecule has 248 valence electrons. The summed E-state index contributed by atoms with van der Waals surface area (Å²) in [6.45, 7) is 0.798. The van der Waals surface area contributed by atoms with E-state index in [9.17, 15) is 10.3 Å². The fraction of sp³-hybridized carbons (Fsp3) is 0.278. The van der Waals surface area contributed by atoms with E-state index >= 15 is 0 Å². The molecular formula is C36H38N6O6. The molecule has 2 atom stereocenters. The van der Waals surface area contributed by atoms with Crippen LogP contribution in [-0.4, -0.2) is 56.4 Å². The van der Waals surface area contributed by atoms with Gasteiger partial charge in [0.2, 0.25) is 5.90 Å². The number of rotatable bonds is 16. The molecule has 0 spiro atoms. The fourth-order valence-corrected chi connectivity index (χ4v) is 5.54. The first-order valence-electron chi connectivity index (χ1n) is 15.5. The van der Waals surface area contributed by atoms with Gasteiger partial charge in [0.15, 0.2) is 11.6 Å². The average molecular weight is 651 g/mol. The maximum absolute atomic E-state index is 14.5. The highest BCUT2D eigenvalue weighted by atomic mass is 16.5. The Labute approximate surface area is 278 Å². The summed E-state index contributed by atoms with van der Waals surface area (Å²) in [6, 6.07) is 29.3. The maximum Gasteiger partial charge on any atom is 0.266 e. The summed E-state index contributed by atoms with van der Waals surface area (Å²) >= 11 is 0. The van der Waals surface area contributed by atoms with Crippen LogP contribution in [0.2, 0.25) is 0 Å². The molecule has 12 nitrogen and oxygen atoms in total. The van der Waals surface area contributed by atoms with E-state index in [1.165, 1.54) is 0 Å². The van der Waals surface area contributed by atoms with Crippen molar-refractivity contribution in [2.45, 2.75) is 30.9 Å². The Morgan fingerprint density at radius 2 is 1.75 bits per heavy atom. The second-order valence-corrected chi connectivity index (χ2v) is 11.0. The van der Waals surface area contributed by atoms with Crippen LogP contribution in [0.4, 0.5) is 5.69 Å². The van der Waals surface area contributed by atoms with Crippen LogP contribution in [0.15, 0.2) is 107 Å². The van der Waals surface area contributed by atoms with Crippen molar-refractivity contribution < 1.29 is 28.8 Å². The zero-order valence-corrected chi connectivity index (χ0v) is 26.8. The Balaban J connectivity index is 1.50. The molecule has 4 aromatic carbocycles. The van der Waals surface area contributed by atoms with Crippen LogP contribution < -0.4 is 25.1 Å². The second-order valence-electron chi connectivity index (χ2n) is 11.0. The smallest absolute Gasteiger partial charge is 0.266 e. The van der Waals surface area contributed by atoms with Crippen molar-refractivity contribution in [2.24, 2.45) is 10.1 Å². The summed E-state index contributed by atoms with van der Waals surface area (Å²) in [5, 5.41) is 13.0. The molecule has 48 heavy (non-hydrogen) atoms. The van der Waals surface area contributed by atoms with E-state index in [0.717, 1.165) is 11.1 Å². The number of nitrogens with zero attached hydrogens (tertiary/aromatic N) is 4. The highest BCUT2D eigenvalue weighted by Crippen LogP contribution is 2.45. The summed E-state index contributed by atoms with van der Waals surface area (Å²) < 4.78 is 23.1. The Bertz CT molecular complexity index is 1760. The van der Waals surface area contributed by atoms with E-state index < -0.39 is 17.6 Å². The van der Waals surface area contributed by atoms with E-state index in [2.05, 4.69) is 20.9 Å². The minimum absolute atomic E-state index is 0.0387. The normalized spacial score (nSPS) is 16.6. The zero-order chi connectivity index (χ0) is 33.8. The molecule has 5 rings (SSSR count). The first kappa shape index (κ1) is 33.8. The third-order valence-corrected chi connectivity index (χ3v) is 7.93. The van der Waals surface area contributed by atoms with Crippen LogP contribution in [0, 0.1) is 0 Å². The number of aliphatic hydroxyl groups is 1. The van der Waals surface area contributed by atoms with Gasteiger partial charge in [0.25, 0.3) is 5.91 Å². The van der Waals surface area contributed by atoms with Gasteiger partial charge < -0.3 is 24.1 Å². The van der Waals surface area contributed by atoms with E-state index in [4.69, 9.17) is 29.0 Å². The van der Waals surface area contributed by atoms with E-state index in [0.29, 0.717) is 60.1 Å². The third kappa shape index (κ3) is 7.87. The van der Waals surface area contributed by atoms with Crippen molar-refractivity contribution >= 4 is 17.5 Å². The number of hydrogen-bond acceptors (Lipinski definition) is 9. The lowest BCUT2D eigenvalue weighted by Gasteiger charge is -2.31. The summed E-state index contributed by atoms with van der Waals surface area (Å²) in [4.78, 5) is 22.5. The number of nitrogens with one attached hydrogen (secondary N) is 2. The number of ether oxygens (including phenoxy) is 4. The van der Waals surface area contributed by atoms with Gasteiger partial charge in [-0.05, 0) is 65.5 Å². The van der Waals surface area contributed by atoms with Gasteiger partial charge in [0.05, 0.1) is 20.8 Å². The van der Waals surface area contributed by atoms with Crippen LogP contribution >= 0.6 is 0 Å². The molecule has 1 aliphatic heterocycles. The molecule has 4 aromatic rings. The van der Waals surface area contributed by atoms with Crippen molar-refractivity contribution in [3.63, 3.8) is 0 Å². The van der Waals surface area contributed by atoms with Crippen LogP contribution in [0.25, 0.3) is 10.4 Å². The summed E-state index contributed by atoms with van der Waals surface area (Å²) in [5.74, 6) is 1.87. The minimum Gasteiger partial charge on any atom is -0.497 e. The Morgan fingerprint density at radius 3 is 2.48 bits per heavy atom. The lowest BCUT2D eigenvalue weighted by Crippen LogP contribution is -2.54. The molecule has 0 bridgehead atoms. The highest BCUT2D eigenvalue weighted by Gasteiger charge is 2.54. The molecule has 0 unspecified atom stereocenters. The van der Waals surface area contributed by atoms with Crippen molar-refractivity contribution in [2.75, 3.05) is 34.0 Å². The molecule has 0 aromatic heterocycles. The van der Waals surface area contributed by atoms with Gasteiger partial charge in [0, 0.05) is 47.7 Å². The predicted molar refractivity (Wildman–Crippen MR) is 182 cm³/mol. The number of hydrazine groups is 1. The lowest BCUT2D eigenvalue weighted by atomic mass is 9.81. The number of carbonyl (C=O) groups excluding carboxylic acids is 1. The SMILES string of the molecule is COc1ccc(OC)c(CCNNC(=O)[C@@]2(Cc3ccccc3)N=C(c3ccc(OCCCO)cc3)O[C@H]2c2ccccc2N=[N+]=[N-])c1. The van der Waals surface area contributed by atoms with Crippen LogP contribution in [0.5, 0.6) is 17.2 Å². The Hall–Kier alpha value is -5.55. The molecule has 0 aliphatic carbocycles. The minimum atomic E-state index is -1.51. The monoisotopic (exact) mass is 650 g/mol. The number of benzene rings is 4. The molecule has 1 heterocycles. The highest BCUT2D eigenvalue weighted by molar-refractivity contribution is 6.01. The molecule has 0 saturated heterocycles. The van der Waals surface area contributed by atoms with Crippen molar-refractivity contribution in [1.29, 1.82) is 0 Å². The third-order valence-electron chi connectivity index (χ3n) is 7.93. The molecule has 1 aliphatic rings. The molecule has 12 heteroatoms. The van der Waals surface area contributed by atoms with Gasteiger partial charge >= 0.3 is 0 Å². The number of hydrogen-bond donors (Lipinski definition) is 3. The van der Waals surface area contributed by atoms with Gasteiger partial charge in [-0.25, -0.2) is 10.4 Å². The number of aliphatic imine (C=N–C) groups is 1. The van der Waals surface area contributed by atoms with Gasteiger partial charge in [-0.1, -0.05) is 59.7 Å². The molecule has 0 saturated carbocycles. The molecule has 0 fully saturated rings. The van der Waals surface area contributed by atoms with Crippen LogP contribution in [-0.2, 0) is 22.4 Å². The lowest BCUT2D eigenvalue weighted by molar-refractivity contribution is -0.130. The van der Waals surface area contributed by atoms with Crippen LogP contribution in [0.1, 0.15) is 34.8 Å². The number of methoxy groups -OCH3 is 2. The molecular weight excluding hydrogens is 612 g/mol. The summed E-state index contributed by atoms with van der Waals surface area (Å²) in [7, 11) is 3.21. The summed E-state index contributed by atoms with van der Waals surface area (Å²) in [6.07, 6.45) is 0.289. The zero-order valence-electron chi connectivity index (χ0n) is 26.8. The fourth-order valence-electron chi connectivity index (χ4n) is 5.54. The topological polar surface area (TPSA) is 159 Å². The molecule has 1 amide bonds. The Morgan fingerprint density at radius 1 is 1.00 bits per heavy atom.